The first-order valence-electron chi connectivity index (χ1n) is 10.8. The molecule has 8 atom stereocenters. The summed E-state index contributed by atoms with van der Waals surface area (Å²) in [5.41, 5.74) is 0.763. The summed E-state index contributed by atoms with van der Waals surface area (Å²) in [7, 11) is 2.03. The molecular weight excluding hydrogens is 306 g/mol. The van der Waals surface area contributed by atoms with Gasteiger partial charge in [0.1, 0.15) is 0 Å². The van der Waals surface area contributed by atoms with Gasteiger partial charge in [-0.3, -0.25) is 4.79 Å². The summed E-state index contributed by atoms with van der Waals surface area (Å²) in [6.07, 6.45) is 13.8. The Bertz CT molecular complexity index is 583. The largest absolute Gasteiger partial charge is 0.338 e. The molecule has 3 unspecified atom stereocenters. The Morgan fingerprint density at radius 1 is 1.20 bits per heavy atom. The smallest absolute Gasteiger partial charge is 0.246 e. The molecule has 25 heavy (non-hydrogen) atoms. The third-order valence-electron chi connectivity index (χ3n) is 9.34. The third-order valence-corrected chi connectivity index (χ3v) is 9.34. The maximum atomic E-state index is 12.2. The van der Waals surface area contributed by atoms with Crippen molar-refractivity contribution in [3.05, 3.63) is 12.2 Å². The zero-order chi connectivity index (χ0) is 18.0. The lowest BCUT2D eigenvalue weighted by atomic mass is 9.45. The molecule has 4 aliphatic rings. The topological polar surface area (TPSA) is 20.3 Å². The molecule has 0 aromatic heterocycles. The van der Waals surface area contributed by atoms with Gasteiger partial charge in [0.25, 0.3) is 0 Å². The van der Waals surface area contributed by atoms with Crippen LogP contribution in [0.5, 0.6) is 0 Å². The Hall–Kier alpha value is -0.790. The van der Waals surface area contributed by atoms with Gasteiger partial charge in [-0.1, -0.05) is 46.6 Å². The molecule has 2 heteroatoms. The van der Waals surface area contributed by atoms with Gasteiger partial charge >= 0.3 is 0 Å². The molecule has 140 valence electrons. The van der Waals surface area contributed by atoms with Gasteiger partial charge in [-0.15, -0.1) is 0 Å². The number of carbonyl (C=O) groups excluding carboxylic acids is 1. The van der Waals surface area contributed by atoms with Gasteiger partial charge in [-0.25, -0.2) is 0 Å². The molecule has 0 aromatic carbocycles. The highest BCUT2D eigenvalue weighted by atomic mass is 16.2. The van der Waals surface area contributed by atoms with Crippen molar-refractivity contribution in [3.8, 4) is 0 Å². The minimum atomic E-state index is 0.185. The first-order chi connectivity index (χ1) is 11.8. The van der Waals surface area contributed by atoms with Gasteiger partial charge in [0, 0.05) is 18.5 Å². The molecule has 2 nitrogen and oxygen atoms in total. The summed E-state index contributed by atoms with van der Waals surface area (Å²) >= 11 is 0. The van der Waals surface area contributed by atoms with Crippen LogP contribution in [-0.4, -0.2) is 23.9 Å². The Morgan fingerprint density at radius 2 is 1.96 bits per heavy atom. The molecule has 4 rings (SSSR count). The van der Waals surface area contributed by atoms with Crippen molar-refractivity contribution in [3.63, 3.8) is 0 Å². The van der Waals surface area contributed by atoms with E-state index in [-0.39, 0.29) is 11.3 Å². The molecule has 0 aromatic rings. The fourth-order valence-corrected chi connectivity index (χ4v) is 7.99. The number of nitrogens with zero attached hydrogens (tertiary/aromatic N) is 1. The van der Waals surface area contributed by atoms with Crippen LogP contribution in [0.4, 0.5) is 0 Å². The molecule has 0 radical (unpaired) electrons. The number of amides is 1. The van der Waals surface area contributed by atoms with Gasteiger partial charge in [0.2, 0.25) is 5.91 Å². The lowest BCUT2D eigenvalue weighted by Crippen LogP contribution is -2.61. The van der Waals surface area contributed by atoms with Gasteiger partial charge in [0.15, 0.2) is 0 Å². The van der Waals surface area contributed by atoms with E-state index in [1.807, 2.05) is 13.1 Å². The van der Waals surface area contributed by atoms with Gasteiger partial charge in [0.05, 0.1) is 0 Å². The van der Waals surface area contributed by atoms with E-state index in [1.54, 1.807) is 0 Å². The van der Waals surface area contributed by atoms with Crippen LogP contribution in [-0.2, 0) is 4.79 Å². The Morgan fingerprint density at radius 3 is 2.68 bits per heavy atom. The molecule has 1 aliphatic heterocycles. The maximum absolute atomic E-state index is 12.2. The maximum Gasteiger partial charge on any atom is 0.246 e. The van der Waals surface area contributed by atoms with Crippen molar-refractivity contribution in [1.82, 2.24) is 4.90 Å². The summed E-state index contributed by atoms with van der Waals surface area (Å²) in [5, 5.41) is 0. The van der Waals surface area contributed by atoms with Crippen molar-refractivity contribution < 1.29 is 4.79 Å². The van der Waals surface area contributed by atoms with E-state index in [0.29, 0.717) is 11.5 Å². The van der Waals surface area contributed by atoms with E-state index in [0.717, 1.165) is 29.6 Å². The van der Waals surface area contributed by atoms with E-state index in [4.69, 9.17) is 0 Å². The SMILES string of the molecule is CCCC1CC[C@H]2[C@@H]3C(C)CC4N(C)C(=O)C=C[C@]4(C)[C@@H]3CC[C@]12C. The van der Waals surface area contributed by atoms with Crippen LogP contribution >= 0.6 is 0 Å². The van der Waals surface area contributed by atoms with E-state index in [9.17, 15) is 4.79 Å². The van der Waals surface area contributed by atoms with Crippen molar-refractivity contribution in [2.24, 2.45) is 40.4 Å². The Kier molecular flexibility index (Phi) is 4.13. The fourth-order valence-electron chi connectivity index (χ4n) is 7.99. The number of rotatable bonds is 2. The molecule has 3 saturated carbocycles. The predicted octanol–water partition coefficient (Wildman–Crippen LogP) is 5.29. The summed E-state index contributed by atoms with van der Waals surface area (Å²) in [6.45, 7) is 9.94. The molecule has 3 aliphatic carbocycles. The minimum Gasteiger partial charge on any atom is -0.338 e. The highest BCUT2D eigenvalue weighted by Crippen LogP contribution is 2.67. The minimum absolute atomic E-state index is 0.185. The first kappa shape index (κ1) is 17.6. The quantitative estimate of drug-likeness (QED) is 0.667. The number of hydrogen-bond acceptors (Lipinski definition) is 1. The Balaban J connectivity index is 1.69. The standard InChI is InChI=1S/C23H37NO/c1-6-7-16-8-9-17-21-15(2)14-19-23(4,13-11-20(25)24(19)5)18(21)10-12-22(16,17)3/h11,13,15-19,21H,6-10,12,14H2,1-5H3/t15?,16?,17-,18+,19?,21-,22+,23+/m0/s1. The van der Waals surface area contributed by atoms with Crippen LogP contribution in [0.15, 0.2) is 12.2 Å². The first-order valence-corrected chi connectivity index (χ1v) is 10.8. The summed E-state index contributed by atoms with van der Waals surface area (Å²) < 4.78 is 0. The van der Waals surface area contributed by atoms with Crippen LogP contribution in [0, 0.1) is 40.4 Å². The number of hydrogen-bond donors (Lipinski definition) is 0. The highest BCUT2D eigenvalue weighted by molar-refractivity contribution is 5.89. The van der Waals surface area contributed by atoms with Crippen molar-refractivity contribution in [2.45, 2.75) is 78.7 Å². The van der Waals surface area contributed by atoms with Gasteiger partial charge in [-0.2, -0.15) is 0 Å². The summed E-state index contributed by atoms with van der Waals surface area (Å²) in [6, 6.07) is 0.401. The number of carbonyl (C=O) groups is 1. The second-order valence-electron chi connectivity index (χ2n) is 10.3. The zero-order valence-corrected chi connectivity index (χ0v) is 16.9. The lowest BCUT2D eigenvalue weighted by molar-refractivity contribution is -0.144. The van der Waals surface area contributed by atoms with Crippen LogP contribution in [0.25, 0.3) is 0 Å². The molecule has 0 bridgehead atoms. The van der Waals surface area contributed by atoms with Gasteiger partial charge < -0.3 is 4.90 Å². The molecule has 0 spiro atoms. The average Bonchev–Trinajstić information content (AvgIpc) is 2.91. The van der Waals surface area contributed by atoms with E-state index < -0.39 is 0 Å². The Labute approximate surface area is 154 Å². The summed E-state index contributed by atoms with van der Waals surface area (Å²) in [5.74, 6) is 4.42. The third kappa shape index (κ3) is 2.31. The molecule has 1 amide bonds. The summed E-state index contributed by atoms with van der Waals surface area (Å²) in [4.78, 5) is 14.3. The normalized spacial score (nSPS) is 51.9. The second-order valence-corrected chi connectivity index (χ2v) is 10.3. The van der Waals surface area contributed by atoms with E-state index in [1.165, 1.54) is 44.9 Å². The van der Waals surface area contributed by atoms with E-state index in [2.05, 4.69) is 38.7 Å². The number of fused-ring (bicyclic) bond motifs is 5. The average molecular weight is 344 g/mol. The monoisotopic (exact) mass is 343 g/mol. The molecule has 0 N–H and O–H groups in total. The second kappa shape index (κ2) is 5.86. The van der Waals surface area contributed by atoms with E-state index >= 15 is 0 Å². The molecule has 3 fully saturated rings. The van der Waals surface area contributed by atoms with Crippen molar-refractivity contribution >= 4 is 5.91 Å². The fraction of sp³-hybridized carbons (Fsp3) is 0.870. The molecule has 1 heterocycles. The van der Waals surface area contributed by atoms with Crippen LogP contribution in [0.2, 0.25) is 0 Å². The molecular formula is C23H37NO. The molecule has 0 saturated heterocycles. The van der Waals surface area contributed by atoms with Crippen LogP contribution in [0.1, 0.15) is 72.6 Å². The van der Waals surface area contributed by atoms with Crippen LogP contribution < -0.4 is 0 Å². The number of likely N-dealkylation sites (N-methyl/N-ethyl adjacent to an activating group) is 1. The van der Waals surface area contributed by atoms with Gasteiger partial charge in [-0.05, 0) is 73.2 Å². The predicted molar refractivity (Wildman–Crippen MR) is 103 cm³/mol. The highest BCUT2D eigenvalue weighted by Gasteiger charge is 2.61. The zero-order valence-electron chi connectivity index (χ0n) is 16.9. The van der Waals surface area contributed by atoms with Crippen molar-refractivity contribution in [1.29, 1.82) is 0 Å². The lowest BCUT2D eigenvalue weighted by Gasteiger charge is -2.62. The van der Waals surface area contributed by atoms with Crippen molar-refractivity contribution in [2.75, 3.05) is 7.05 Å². The van der Waals surface area contributed by atoms with Crippen LogP contribution in [0.3, 0.4) is 0 Å².